The van der Waals surface area contributed by atoms with Crippen molar-refractivity contribution in [2.75, 3.05) is 6.54 Å². The minimum atomic E-state index is -4.60. The SMILES string of the molecule is O=C(O)C[C@H]1CC[C@H](CC(=O)N2CCc3c(C(F)(F)F)nn(Cc4ccc(F)cc4)c3C2)CC1. The van der Waals surface area contributed by atoms with Crippen molar-refractivity contribution in [3.05, 3.63) is 52.6 Å². The molecule has 0 bridgehead atoms. The number of amides is 1. The Labute approximate surface area is 194 Å². The fourth-order valence-electron chi connectivity index (χ4n) is 5.08. The van der Waals surface area contributed by atoms with Crippen LogP contribution in [-0.4, -0.2) is 38.2 Å². The quantitative estimate of drug-likeness (QED) is 0.610. The minimum absolute atomic E-state index is 0.0484. The largest absolute Gasteiger partial charge is 0.481 e. The number of carboxylic acids is 1. The number of nitrogens with zero attached hydrogens (tertiary/aromatic N) is 3. The summed E-state index contributed by atoms with van der Waals surface area (Å²) >= 11 is 0. The second-order valence-corrected chi connectivity index (χ2v) is 9.31. The zero-order valence-electron chi connectivity index (χ0n) is 18.7. The number of hydrogen-bond donors (Lipinski definition) is 1. The van der Waals surface area contributed by atoms with E-state index in [1.54, 1.807) is 4.90 Å². The Hall–Kier alpha value is -2.91. The molecule has 1 aromatic carbocycles. The number of halogens is 4. The Bertz CT molecular complexity index is 1040. The molecule has 2 heterocycles. The highest BCUT2D eigenvalue weighted by Crippen LogP contribution is 2.36. The smallest absolute Gasteiger partial charge is 0.435 e. The van der Waals surface area contributed by atoms with Crippen molar-refractivity contribution in [3.63, 3.8) is 0 Å². The molecule has 1 aliphatic heterocycles. The van der Waals surface area contributed by atoms with Crippen molar-refractivity contribution >= 4 is 11.9 Å². The van der Waals surface area contributed by atoms with Gasteiger partial charge in [0, 0.05) is 24.9 Å². The second-order valence-electron chi connectivity index (χ2n) is 9.31. The lowest BCUT2D eigenvalue weighted by Gasteiger charge is -2.32. The van der Waals surface area contributed by atoms with Crippen LogP contribution in [0.25, 0.3) is 0 Å². The van der Waals surface area contributed by atoms with Gasteiger partial charge in [-0.3, -0.25) is 14.3 Å². The van der Waals surface area contributed by atoms with E-state index < -0.39 is 23.7 Å². The molecule has 0 spiro atoms. The maximum atomic E-state index is 13.6. The van der Waals surface area contributed by atoms with Gasteiger partial charge < -0.3 is 10.0 Å². The Balaban J connectivity index is 1.46. The van der Waals surface area contributed by atoms with Crippen molar-refractivity contribution < 1.29 is 32.3 Å². The van der Waals surface area contributed by atoms with Crippen LogP contribution in [-0.2, 0) is 35.3 Å². The molecule has 2 aromatic rings. The number of carbonyl (C=O) groups excluding carboxylic acids is 1. The zero-order valence-corrected chi connectivity index (χ0v) is 18.7. The van der Waals surface area contributed by atoms with Crippen LogP contribution in [0.4, 0.5) is 17.6 Å². The minimum Gasteiger partial charge on any atom is -0.481 e. The van der Waals surface area contributed by atoms with Gasteiger partial charge in [-0.2, -0.15) is 18.3 Å². The summed E-state index contributed by atoms with van der Waals surface area (Å²) < 4.78 is 55.3. The lowest BCUT2D eigenvalue weighted by Crippen LogP contribution is -2.38. The van der Waals surface area contributed by atoms with Gasteiger partial charge in [-0.15, -0.1) is 0 Å². The molecule has 6 nitrogen and oxygen atoms in total. The third kappa shape index (κ3) is 5.59. The first-order valence-electron chi connectivity index (χ1n) is 11.5. The molecule has 1 aromatic heterocycles. The van der Waals surface area contributed by atoms with Crippen LogP contribution < -0.4 is 0 Å². The first kappa shape index (κ1) is 24.2. The zero-order chi connectivity index (χ0) is 24.5. The molecule has 2 aliphatic rings. The Morgan fingerprint density at radius 2 is 1.65 bits per heavy atom. The molecule has 4 rings (SSSR count). The molecule has 1 aliphatic carbocycles. The summed E-state index contributed by atoms with van der Waals surface area (Å²) in [7, 11) is 0. The van der Waals surface area contributed by atoms with Crippen LogP contribution in [0.2, 0.25) is 0 Å². The Morgan fingerprint density at radius 1 is 1.03 bits per heavy atom. The fourth-order valence-corrected chi connectivity index (χ4v) is 5.08. The van der Waals surface area contributed by atoms with Gasteiger partial charge in [0.15, 0.2) is 5.69 Å². The molecule has 1 fully saturated rings. The molecular formula is C24H27F4N3O3. The van der Waals surface area contributed by atoms with Crippen molar-refractivity contribution in [3.8, 4) is 0 Å². The van der Waals surface area contributed by atoms with Crippen LogP contribution in [0.15, 0.2) is 24.3 Å². The summed E-state index contributed by atoms with van der Waals surface area (Å²) in [6.45, 7) is 0.298. The molecule has 0 unspecified atom stereocenters. The van der Waals surface area contributed by atoms with Crippen LogP contribution in [0.1, 0.15) is 61.0 Å². The predicted molar refractivity (Wildman–Crippen MR) is 114 cm³/mol. The van der Waals surface area contributed by atoms with Crippen molar-refractivity contribution in [1.82, 2.24) is 14.7 Å². The highest BCUT2D eigenvalue weighted by molar-refractivity contribution is 5.76. The molecule has 0 atom stereocenters. The third-order valence-electron chi connectivity index (χ3n) is 6.90. The van der Waals surface area contributed by atoms with Gasteiger partial charge in [0.2, 0.25) is 5.91 Å². The average molecular weight is 481 g/mol. The molecular weight excluding hydrogens is 454 g/mol. The first-order valence-corrected chi connectivity index (χ1v) is 11.5. The maximum absolute atomic E-state index is 13.6. The van der Waals surface area contributed by atoms with Crippen molar-refractivity contribution in [2.45, 2.75) is 64.2 Å². The molecule has 0 saturated heterocycles. The summed E-state index contributed by atoms with van der Waals surface area (Å²) in [6.07, 6.45) is -0.958. The normalized spacial score (nSPS) is 20.8. The lowest BCUT2D eigenvalue weighted by molar-refractivity contribution is -0.142. The van der Waals surface area contributed by atoms with E-state index in [9.17, 15) is 27.2 Å². The number of hydrogen-bond acceptors (Lipinski definition) is 3. The first-order chi connectivity index (χ1) is 16.1. The number of aromatic nitrogens is 2. The van der Waals surface area contributed by atoms with Crippen LogP contribution in [0.3, 0.4) is 0 Å². The molecule has 34 heavy (non-hydrogen) atoms. The summed E-state index contributed by atoms with van der Waals surface area (Å²) in [5.41, 5.74) is 0.171. The number of benzene rings is 1. The van der Waals surface area contributed by atoms with Gasteiger partial charge in [-0.1, -0.05) is 12.1 Å². The van der Waals surface area contributed by atoms with Crippen molar-refractivity contribution in [2.24, 2.45) is 11.8 Å². The topological polar surface area (TPSA) is 75.4 Å². The Kier molecular flexibility index (Phi) is 6.95. The predicted octanol–water partition coefficient (Wildman–Crippen LogP) is 4.65. The van der Waals surface area contributed by atoms with E-state index in [4.69, 9.17) is 5.11 Å². The fraction of sp³-hybridized carbons (Fsp3) is 0.542. The number of aliphatic carboxylic acids is 1. The van der Waals surface area contributed by atoms with Gasteiger partial charge >= 0.3 is 12.1 Å². The molecule has 0 radical (unpaired) electrons. The van der Waals surface area contributed by atoms with E-state index in [0.29, 0.717) is 17.7 Å². The second kappa shape index (κ2) is 9.76. The molecule has 1 saturated carbocycles. The standard InChI is InChI=1S/C24H27F4N3O3/c25-18-7-5-17(6-8-18)13-31-20-14-30(10-9-19(20)23(29-31)24(26,27)28)21(32)11-15-1-3-16(4-2-15)12-22(33)34/h5-8,15-16H,1-4,9-14H2,(H,33,34)/t15-,16-. The van der Waals surface area contributed by atoms with Crippen LogP contribution in [0.5, 0.6) is 0 Å². The van der Waals surface area contributed by atoms with Crippen LogP contribution >= 0.6 is 0 Å². The van der Waals surface area contributed by atoms with Gasteiger partial charge in [-0.05, 0) is 61.6 Å². The van der Waals surface area contributed by atoms with Gasteiger partial charge in [0.25, 0.3) is 0 Å². The van der Waals surface area contributed by atoms with E-state index in [1.165, 1.54) is 28.9 Å². The van der Waals surface area contributed by atoms with E-state index in [0.717, 1.165) is 25.7 Å². The van der Waals surface area contributed by atoms with Crippen LogP contribution in [0, 0.1) is 17.7 Å². The van der Waals surface area contributed by atoms with E-state index in [1.807, 2.05) is 0 Å². The number of rotatable bonds is 6. The molecule has 10 heteroatoms. The summed E-state index contributed by atoms with van der Waals surface area (Å²) in [4.78, 5) is 25.5. The van der Waals surface area contributed by atoms with E-state index in [2.05, 4.69) is 5.10 Å². The highest BCUT2D eigenvalue weighted by Gasteiger charge is 2.41. The molecule has 1 amide bonds. The average Bonchev–Trinajstić information content (AvgIpc) is 3.14. The van der Waals surface area contributed by atoms with Gasteiger partial charge in [0.1, 0.15) is 5.82 Å². The van der Waals surface area contributed by atoms with Gasteiger partial charge in [0.05, 0.1) is 18.8 Å². The monoisotopic (exact) mass is 481 g/mol. The van der Waals surface area contributed by atoms with E-state index >= 15 is 0 Å². The number of carboxylic acid groups (broad SMARTS) is 1. The summed E-state index contributed by atoms with van der Waals surface area (Å²) in [5.74, 6) is -1.04. The Morgan fingerprint density at radius 3 is 2.24 bits per heavy atom. The van der Waals surface area contributed by atoms with E-state index in [-0.39, 0.29) is 55.8 Å². The lowest BCUT2D eigenvalue weighted by atomic mass is 9.79. The number of carbonyl (C=O) groups is 2. The van der Waals surface area contributed by atoms with Crippen molar-refractivity contribution in [1.29, 1.82) is 0 Å². The highest BCUT2D eigenvalue weighted by atomic mass is 19.4. The summed E-state index contributed by atoms with van der Waals surface area (Å²) in [6, 6.07) is 5.50. The number of alkyl halides is 3. The number of fused-ring (bicyclic) bond motifs is 1. The van der Waals surface area contributed by atoms with Gasteiger partial charge in [-0.25, -0.2) is 4.39 Å². The third-order valence-corrected chi connectivity index (χ3v) is 6.90. The maximum Gasteiger partial charge on any atom is 0.435 e. The summed E-state index contributed by atoms with van der Waals surface area (Å²) in [5, 5.41) is 12.8. The molecule has 1 N–H and O–H groups in total. The molecule has 184 valence electrons.